The van der Waals surface area contributed by atoms with E-state index in [1.807, 2.05) is 12.1 Å². The first-order valence-corrected chi connectivity index (χ1v) is 2.95. The van der Waals surface area contributed by atoms with Crippen molar-refractivity contribution in [2.45, 2.75) is 6.92 Å². The maximum absolute atomic E-state index is 8.44. The van der Waals surface area contributed by atoms with Crippen molar-refractivity contribution in [3.8, 4) is 30.0 Å². The molecule has 0 fully saturated rings. The van der Waals surface area contributed by atoms with Gasteiger partial charge in [-0.2, -0.15) is 15.8 Å². The molecule has 2 unspecified atom stereocenters. The zero-order chi connectivity index (χ0) is 8.69. The molecule has 0 aromatic heterocycles. The second kappa shape index (κ2) is 4.87. The largest absolute Gasteiger partial charge is 0.198 e. The van der Waals surface area contributed by atoms with Crippen LogP contribution in [0.25, 0.3) is 0 Å². The molecule has 0 N–H and O–H groups in total. The fraction of sp³-hybridized carbons (Fsp3) is 0.375. The van der Waals surface area contributed by atoms with Crippen molar-refractivity contribution in [1.82, 2.24) is 0 Å². The van der Waals surface area contributed by atoms with Crippen molar-refractivity contribution in [2.75, 3.05) is 0 Å². The zero-order valence-corrected chi connectivity index (χ0v) is 6.00. The summed E-state index contributed by atoms with van der Waals surface area (Å²) in [6.07, 6.45) is 0. The Hall–Kier alpha value is -1.97. The van der Waals surface area contributed by atoms with Gasteiger partial charge in [-0.3, -0.25) is 0 Å². The van der Waals surface area contributed by atoms with Crippen molar-refractivity contribution < 1.29 is 0 Å². The average molecular weight is 143 g/mol. The van der Waals surface area contributed by atoms with E-state index in [2.05, 4.69) is 11.8 Å². The number of nitriles is 3. The van der Waals surface area contributed by atoms with Crippen molar-refractivity contribution in [3.63, 3.8) is 0 Å². The van der Waals surface area contributed by atoms with Crippen molar-refractivity contribution in [3.05, 3.63) is 0 Å². The van der Waals surface area contributed by atoms with Crippen molar-refractivity contribution in [2.24, 2.45) is 11.8 Å². The first-order chi connectivity index (χ1) is 5.26. The van der Waals surface area contributed by atoms with Crippen LogP contribution in [0.2, 0.25) is 0 Å². The van der Waals surface area contributed by atoms with Crippen molar-refractivity contribution >= 4 is 0 Å². The predicted molar refractivity (Wildman–Crippen MR) is 37.3 cm³/mol. The van der Waals surface area contributed by atoms with Gasteiger partial charge < -0.3 is 0 Å². The second-order valence-electron chi connectivity index (χ2n) is 1.91. The van der Waals surface area contributed by atoms with Crippen LogP contribution < -0.4 is 0 Å². The van der Waals surface area contributed by atoms with Gasteiger partial charge in [0.15, 0.2) is 6.07 Å². The molecule has 0 amide bonds. The Morgan fingerprint density at radius 2 is 1.73 bits per heavy atom. The number of rotatable bonds is 1. The van der Waals surface area contributed by atoms with Gasteiger partial charge >= 0.3 is 0 Å². The molecule has 0 radical (unpaired) electrons. The smallest absolute Gasteiger partial charge is 0.152 e. The van der Waals surface area contributed by atoms with Gasteiger partial charge in [-0.1, -0.05) is 5.92 Å². The van der Waals surface area contributed by atoms with E-state index in [9.17, 15) is 0 Å². The summed E-state index contributed by atoms with van der Waals surface area (Å²) in [4.78, 5) is 0. The molecule has 0 bridgehead atoms. The van der Waals surface area contributed by atoms with E-state index < -0.39 is 11.8 Å². The molecule has 0 aromatic carbocycles. The lowest BCUT2D eigenvalue weighted by molar-refractivity contribution is 0.655. The highest BCUT2D eigenvalue weighted by molar-refractivity contribution is 5.23. The number of hydrogen-bond donors (Lipinski definition) is 0. The van der Waals surface area contributed by atoms with Crippen LogP contribution >= 0.6 is 0 Å². The summed E-state index contributed by atoms with van der Waals surface area (Å²) in [6, 6.07) is 5.32. The van der Waals surface area contributed by atoms with Crippen LogP contribution in [0.5, 0.6) is 0 Å². The highest BCUT2D eigenvalue weighted by Crippen LogP contribution is 2.06. The topological polar surface area (TPSA) is 71.4 Å². The van der Waals surface area contributed by atoms with Crippen molar-refractivity contribution in [1.29, 1.82) is 15.8 Å². The summed E-state index contributed by atoms with van der Waals surface area (Å²) < 4.78 is 0. The van der Waals surface area contributed by atoms with Crippen LogP contribution in [0.4, 0.5) is 0 Å². The minimum atomic E-state index is -0.653. The summed E-state index contributed by atoms with van der Waals surface area (Å²) in [5, 5.41) is 24.9. The molecule has 3 heteroatoms. The molecule has 0 aliphatic carbocycles. The van der Waals surface area contributed by atoms with Crippen LogP contribution in [0.15, 0.2) is 0 Å². The lowest BCUT2D eigenvalue weighted by Gasteiger charge is -1.99. The van der Waals surface area contributed by atoms with Gasteiger partial charge in [0.1, 0.15) is 5.92 Å². The van der Waals surface area contributed by atoms with Crippen LogP contribution in [-0.4, -0.2) is 0 Å². The second-order valence-corrected chi connectivity index (χ2v) is 1.91. The lowest BCUT2D eigenvalue weighted by Crippen LogP contribution is -2.04. The Morgan fingerprint density at radius 1 is 1.09 bits per heavy atom. The van der Waals surface area contributed by atoms with Crippen LogP contribution in [0, 0.1) is 57.7 Å². The molecule has 0 saturated carbocycles. The highest BCUT2D eigenvalue weighted by Gasteiger charge is 2.12. The normalized spacial score (nSPS) is 12.2. The van der Waals surface area contributed by atoms with Crippen LogP contribution in [0.1, 0.15) is 6.92 Å². The molecule has 11 heavy (non-hydrogen) atoms. The molecule has 52 valence electrons. The molecule has 3 nitrogen and oxygen atoms in total. The Labute approximate surface area is 65.5 Å². The fourth-order valence-corrected chi connectivity index (χ4v) is 0.454. The third-order valence-electron chi connectivity index (χ3n) is 1.13. The third-order valence-corrected chi connectivity index (χ3v) is 1.13. The van der Waals surface area contributed by atoms with Gasteiger partial charge in [0.05, 0.1) is 18.1 Å². The van der Waals surface area contributed by atoms with Gasteiger partial charge in [-0.25, -0.2) is 0 Å². The molecule has 2 atom stereocenters. The quantitative estimate of drug-likeness (QED) is 0.510. The predicted octanol–water partition coefficient (Wildman–Crippen LogP) is 0.813. The van der Waals surface area contributed by atoms with E-state index in [0.717, 1.165) is 0 Å². The maximum atomic E-state index is 8.44. The molecule has 0 saturated heterocycles. The molecule has 0 spiro atoms. The molecule has 0 aliphatic rings. The molecular formula is C8H5N3. The Balaban J connectivity index is 4.38. The Morgan fingerprint density at radius 3 is 2.09 bits per heavy atom. The maximum Gasteiger partial charge on any atom is 0.152 e. The van der Waals surface area contributed by atoms with E-state index >= 15 is 0 Å². The average Bonchev–Trinajstić information content (AvgIpc) is 2.05. The molecule has 0 heterocycles. The summed E-state index contributed by atoms with van der Waals surface area (Å²) in [5.41, 5.74) is 0. The fourth-order valence-electron chi connectivity index (χ4n) is 0.454. The van der Waals surface area contributed by atoms with Crippen LogP contribution in [0.3, 0.4) is 0 Å². The summed E-state index contributed by atoms with van der Waals surface area (Å²) in [6.45, 7) is 1.60. The standard InChI is InChI=1S/C8H5N3/c1-7(5-10)8(6-11)3-2-4-9/h7-8H,1H3. The molecule has 0 aromatic rings. The van der Waals surface area contributed by atoms with E-state index in [1.165, 1.54) is 0 Å². The number of nitrogens with zero attached hydrogens (tertiary/aromatic N) is 3. The van der Waals surface area contributed by atoms with Gasteiger partial charge in [-0.15, -0.1) is 0 Å². The van der Waals surface area contributed by atoms with E-state index in [4.69, 9.17) is 15.8 Å². The monoisotopic (exact) mass is 143 g/mol. The van der Waals surface area contributed by atoms with Gasteiger partial charge in [0.2, 0.25) is 0 Å². The SMILES string of the molecule is CC(C#N)C(C#N)C#CC#N. The summed E-state index contributed by atoms with van der Waals surface area (Å²) in [5.74, 6) is 3.37. The summed E-state index contributed by atoms with van der Waals surface area (Å²) in [7, 11) is 0. The van der Waals surface area contributed by atoms with E-state index in [-0.39, 0.29) is 0 Å². The first kappa shape index (κ1) is 9.03. The number of hydrogen-bond acceptors (Lipinski definition) is 3. The zero-order valence-electron chi connectivity index (χ0n) is 6.00. The van der Waals surface area contributed by atoms with Gasteiger partial charge in [-0.05, 0) is 6.92 Å². The summed E-state index contributed by atoms with van der Waals surface area (Å²) >= 11 is 0. The van der Waals surface area contributed by atoms with Crippen LogP contribution in [-0.2, 0) is 0 Å². The minimum absolute atomic E-state index is 0.444. The van der Waals surface area contributed by atoms with Gasteiger partial charge in [0, 0.05) is 5.92 Å². The van der Waals surface area contributed by atoms with E-state index in [1.54, 1.807) is 13.0 Å². The molecule has 0 aliphatic heterocycles. The highest BCUT2D eigenvalue weighted by atomic mass is 14.3. The third kappa shape index (κ3) is 2.90. The lowest BCUT2D eigenvalue weighted by atomic mass is 9.98. The molecule has 0 rings (SSSR count). The van der Waals surface area contributed by atoms with E-state index in [0.29, 0.717) is 0 Å². The first-order valence-electron chi connectivity index (χ1n) is 2.95. The molecular weight excluding hydrogens is 138 g/mol. The Bertz CT molecular complexity index is 299. The minimum Gasteiger partial charge on any atom is -0.198 e. The van der Waals surface area contributed by atoms with Gasteiger partial charge in [0.25, 0.3) is 0 Å². The Kier molecular flexibility index (Phi) is 4.00.